The molecule has 0 aromatic heterocycles. The zero-order valence-corrected chi connectivity index (χ0v) is 18.8. The summed E-state index contributed by atoms with van der Waals surface area (Å²) in [5, 5.41) is 23.1. The lowest BCUT2D eigenvalue weighted by atomic mass is 10.0. The van der Waals surface area contributed by atoms with Gasteiger partial charge in [-0.15, -0.1) is 0 Å². The van der Waals surface area contributed by atoms with Crippen LogP contribution >= 0.6 is 11.8 Å². The Balaban J connectivity index is 2.89. The molecule has 0 saturated carbocycles. The van der Waals surface area contributed by atoms with Crippen molar-refractivity contribution in [3.63, 3.8) is 0 Å². The van der Waals surface area contributed by atoms with E-state index in [0.717, 1.165) is 0 Å². The summed E-state index contributed by atoms with van der Waals surface area (Å²) in [4.78, 5) is 61.6. The van der Waals surface area contributed by atoms with Crippen LogP contribution in [0.3, 0.4) is 0 Å². The maximum Gasteiger partial charge on any atom is 0.326 e. The lowest BCUT2D eigenvalue weighted by Gasteiger charge is -2.31. The van der Waals surface area contributed by atoms with E-state index in [9.17, 15) is 29.1 Å². The molecule has 1 heterocycles. The zero-order valence-electron chi connectivity index (χ0n) is 18.0. The van der Waals surface area contributed by atoms with Crippen LogP contribution in [0, 0.1) is 5.92 Å². The van der Waals surface area contributed by atoms with Crippen LogP contribution < -0.4 is 16.4 Å². The van der Waals surface area contributed by atoms with Crippen molar-refractivity contribution in [2.45, 2.75) is 63.7 Å². The van der Waals surface area contributed by atoms with E-state index in [-0.39, 0.29) is 12.3 Å². The fourth-order valence-corrected chi connectivity index (χ4v) is 3.77. The van der Waals surface area contributed by atoms with Crippen LogP contribution in [-0.2, 0) is 24.0 Å². The van der Waals surface area contributed by atoms with Crippen molar-refractivity contribution in [1.29, 1.82) is 0 Å². The molecule has 1 fully saturated rings. The first-order valence-electron chi connectivity index (χ1n) is 10.1. The number of amides is 3. The highest BCUT2D eigenvalue weighted by atomic mass is 32.2. The highest BCUT2D eigenvalue weighted by Gasteiger charge is 2.40. The molecule has 0 aromatic rings. The largest absolute Gasteiger partial charge is 0.481 e. The number of nitrogens with zero attached hydrogens (tertiary/aromatic N) is 1. The SMILES string of the molecule is CSCCC(NC(=O)C1CCCN1C(=O)C(NC(=O)C(N)CC(=O)O)C(C)C)C(=O)O. The first-order valence-corrected chi connectivity index (χ1v) is 11.5. The number of aliphatic carboxylic acids is 2. The van der Waals surface area contributed by atoms with E-state index in [0.29, 0.717) is 25.1 Å². The molecule has 0 radical (unpaired) electrons. The highest BCUT2D eigenvalue weighted by Crippen LogP contribution is 2.21. The summed E-state index contributed by atoms with van der Waals surface area (Å²) in [6, 6.07) is -4.19. The number of carboxylic acid groups (broad SMARTS) is 2. The van der Waals surface area contributed by atoms with Gasteiger partial charge in [0.05, 0.1) is 12.5 Å². The number of thioether (sulfide) groups is 1. The molecule has 0 aliphatic carbocycles. The van der Waals surface area contributed by atoms with Gasteiger partial charge < -0.3 is 31.5 Å². The van der Waals surface area contributed by atoms with Gasteiger partial charge in [-0.3, -0.25) is 19.2 Å². The summed E-state index contributed by atoms with van der Waals surface area (Å²) in [7, 11) is 0. The Morgan fingerprint density at radius 3 is 2.32 bits per heavy atom. The molecule has 1 aliphatic heterocycles. The predicted octanol–water partition coefficient (Wildman–Crippen LogP) is -0.757. The minimum Gasteiger partial charge on any atom is -0.481 e. The molecule has 6 N–H and O–H groups in total. The third-order valence-electron chi connectivity index (χ3n) is 5.03. The third-order valence-corrected chi connectivity index (χ3v) is 5.67. The van der Waals surface area contributed by atoms with Gasteiger partial charge in [-0.25, -0.2) is 4.79 Å². The summed E-state index contributed by atoms with van der Waals surface area (Å²) in [5.74, 6) is -3.96. The van der Waals surface area contributed by atoms with Crippen LogP contribution in [0.25, 0.3) is 0 Å². The standard InChI is InChI=1S/C19H32N4O7S/c1-10(2)15(22-16(26)11(20)9-14(24)25)18(28)23-7-4-5-13(23)17(27)21-12(19(29)30)6-8-31-3/h10-13,15H,4-9,20H2,1-3H3,(H,21,27)(H,22,26)(H,24,25)(H,29,30). The maximum absolute atomic E-state index is 13.1. The second-order valence-electron chi connectivity index (χ2n) is 7.81. The summed E-state index contributed by atoms with van der Waals surface area (Å²) in [5.41, 5.74) is 5.58. The molecule has 1 aliphatic rings. The number of hydrogen-bond donors (Lipinski definition) is 5. The van der Waals surface area contributed by atoms with Crippen LogP contribution in [0.4, 0.5) is 0 Å². The number of carboxylic acids is 2. The van der Waals surface area contributed by atoms with Gasteiger partial charge in [-0.1, -0.05) is 13.8 Å². The van der Waals surface area contributed by atoms with Crippen molar-refractivity contribution < 1.29 is 34.2 Å². The van der Waals surface area contributed by atoms with Gasteiger partial charge >= 0.3 is 11.9 Å². The van der Waals surface area contributed by atoms with Crippen LogP contribution in [-0.4, -0.2) is 87.5 Å². The number of rotatable bonds is 12. The van der Waals surface area contributed by atoms with Crippen LogP contribution in [0.15, 0.2) is 0 Å². The second kappa shape index (κ2) is 12.5. The van der Waals surface area contributed by atoms with Gasteiger partial charge in [0.15, 0.2) is 0 Å². The van der Waals surface area contributed by atoms with E-state index in [4.69, 9.17) is 10.8 Å². The molecule has 31 heavy (non-hydrogen) atoms. The third kappa shape index (κ3) is 8.02. The lowest BCUT2D eigenvalue weighted by Crippen LogP contribution is -2.58. The Kier molecular flexibility index (Phi) is 10.8. The van der Waals surface area contributed by atoms with E-state index < -0.39 is 60.2 Å². The fraction of sp³-hybridized carbons (Fsp3) is 0.737. The number of carbonyl (C=O) groups is 5. The van der Waals surface area contributed by atoms with E-state index >= 15 is 0 Å². The number of nitrogens with two attached hydrogens (primary N) is 1. The molecule has 3 amide bonds. The van der Waals surface area contributed by atoms with E-state index in [2.05, 4.69) is 10.6 Å². The van der Waals surface area contributed by atoms with Gasteiger partial charge in [0.25, 0.3) is 0 Å². The highest BCUT2D eigenvalue weighted by molar-refractivity contribution is 7.98. The van der Waals surface area contributed by atoms with Crippen molar-refractivity contribution in [3.8, 4) is 0 Å². The minimum atomic E-state index is -1.31. The average Bonchev–Trinajstić information content (AvgIpc) is 3.17. The normalized spacial score (nSPS) is 18.9. The van der Waals surface area contributed by atoms with Gasteiger partial charge in [-0.2, -0.15) is 11.8 Å². The molecule has 12 heteroatoms. The van der Waals surface area contributed by atoms with Gasteiger partial charge in [0, 0.05) is 6.54 Å². The smallest absolute Gasteiger partial charge is 0.326 e. The van der Waals surface area contributed by atoms with Crippen molar-refractivity contribution >= 4 is 41.4 Å². The van der Waals surface area contributed by atoms with Crippen molar-refractivity contribution in [2.75, 3.05) is 18.6 Å². The van der Waals surface area contributed by atoms with Crippen LogP contribution in [0.1, 0.15) is 39.5 Å². The number of nitrogens with one attached hydrogen (secondary N) is 2. The second-order valence-corrected chi connectivity index (χ2v) is 8.79. The van der Waals surface area contributed by atoms with Crippen LogP contribution in [0.2, 0.25) is 0 Å². The molecule has 11 nitrogen and oxygen atoms in total. The molecule has 1 saturated heterocycles. The zero-order chi connectivity index (χ0) is 23.7. The molecule has 4 unspecified atom stereocenters. The molecule has 0 spiro atoms. The Morgan fingerprint density at radius 1 is 1.16 bits per heavy atom. The minimum absolute atomic E-state index is 0.259. The predicted molar refractivity (Wildman–Crippen MR) is 114 cm³/mol. The monoisotopic (exact) mass is 460 g/mol. The summed E-state index contributed by atoms with van der Waals surface area (Å²) >= 11 is 1.46. The van der Waals surface area contributed by atoms with Crippen molar-refractivity contribution in [2.24, 2.45) is 11.7 Å². The molecule has 0 bridgehead atoms. The van der Waals surface area contributed by atoms with Crippen molar-refractivity contribution in [3.05, 3.63) is 0 Å². The molecule has 1 rings (SSSR count). The maximum atomic E-state index is 13.1. The lowest BCUT2D eigenvalue weighted by molar-refractivity contribution is -0.145. The van der Waals surface area contributed by atoms with E-state index in [1.165, 1.54) is 16.7 Å². The molecule has 4 atom stereocenters. The Bertz CT molecular complexity index is 688. The van der Waals surface area contributed by atoms with Gasteiger partial charge in [-0.05, 0) is 37.2 Å². The van der Waals surface area contributed by atoms with Crippen molar-refractivity contribution in [1.82, 2.24) is 15.5 Å². The first-order chi connectivity index (χ1) is 14.5. The fourth-order valence-electron chi connectivity index (χ4n) is 3.30. The Hall–Kier alpha value is -2.34. The molecule has 0 aromatic carbocycles. The number of likely N-dealkylation sites (tertiary alicyclic amines) is 1. The number of hydrogen-bond acceptors (Lipinski definition) is 7. The van der Waals surface area contributed by atoms with Crippen LogP contribution in [0.5, 0.6) is 0 Å². The first kappa shape index (κ1) is 26.7. The van der Waals surface area contributed by atoms with Gasteiger partial charge in [0.1, 0.15) is 18.1 Å². The molecular weight excluding hydrogens is 428 g/mol. The Labute approximate surface area is 185 Å². The van der Waals surface area contributed by atoms with E-state index in [1.807, 2.05) is 6.26 Å². The number of carbonyl (C=O) groups excluding carboxylic acids is 3. The van der Waals surface area contributed by atoms with Gasteiger partial charge in [0.2, 0.25) is 17.7 Å². The quantitative estimate of drug-likeness (QED) is 0.250. The summed E-state index contributed by atoms with van der Waals surface area (Å²) in [6.45, 7) is 3.71. The Morgan fingerprint density at radius 2 is 1.81 bits per heavy atom. The molecule has 176 valence electrons. The topological polar surface area (TPSA) is 179 Å². The summed E-state index contributed by atoms with van der Waals surface area (Å²) < 4.78 is 0. The average molecular weight is 461 g/mol. The summed E-state index contributed by atoms with van der Waals surface area (Å²) in [6.07, 6.45) is 2.45. The molecular formula is C19H32N4O7S. The van der Waals surface area contributed by atoms with E-state index in [1.54, 1.807) is 13.8 Å².